The van der Waals surface area contributed by atoms with Crippen LogP contribution in [0.3, 0.4) is 0 Å². The summed E-state index contributed by atoms with van der Waals surface area (Å²) in [7, 11) is 1.43. The number of aliphatic hydroxyl groups is 1. The Bertz CT molecular complexity index is 1250. The molecule has 11 heteroatoms. The number of nitrogens with one attached hydrogen (secondary N) is 1. The van der Waals surface area contributed by atoms with Gasteiger partial charge in [-0.15, -0.1) is 0 Å². The predicted octanol–water partition coefficient (Wildman–Crippen LogP) is 2.10. The van der Waals surface area contributed by atoms with Gasteiger partial charge < -0.3 is 25.6 Å². The summed E-state index contributed by atoms with van der Waals surface area (Å²) in [5.41, 5.74) is 6.92. The van der Waals surface area contributed by atoms with E-state index in [2.05, 4.69) is 32.1 Å². The Morgan fingerprint density at radius 2 is 2.03 bits per heavy atom. The van der Waals surface area contributed by atoms with Crippen molar-refractivity contribution in [3.05, 3.63) is 23.7 Å². The molecule has 184 valence electrons. The van der Waals surface area contributed by atoms with Gasteiger partial charge in [-0.05, 0) is 50.4 Å². The molecule has 2 aliphatic carbocycles. The van der Waals surface area contributed by atoms with Crippen molar-refractivity contribution in [1.82, 2.24) is 24.8 Å². The van der Waals surface area contributed by atoms with Gasteiger partial charge in [-0.2, -0.15) is 0 Å². The SMILES string of the molecule is COC(=O)C1CCC(CC#Cc2nc(N)c3ncn([C@H]4CC(O)=C(C(=O)NC5CC5)O4)c3n2)CC1. The summed E-state index contributed by atoms with van der Waals surface area (Å²) in [6.45, 7) is 0. The van der Waals surface area contributed by atoms with Gasteiger partial charge in [0.1, 0.15) is 17.6 Å². The van der Waals surface area contributed by atoms with Crippen LogP contribution in [0, 0.1) is 23.7 Å². The Balaban J connectivity index is 1.27. The van der Waals surface area contributed by atoms with Crippen LogP contribution in [-0.4, -0.2) is 49.7 Å². The van der Waals surface area contributed by atoms with Crippen molar-refractivity contribution in [2.24, 2.45) is 11.8 Å². The van der Waals surface area contributed by atoms with Crippen LogP contribution in [0.1, 0.15) is 63.4 Å². The Labute approximate surface area is 202 Å². The molecule has 0 spiro atoms. The highest BCUT2D eigenvalue weighted by molar-refractivity contribution is 5.92. The normalized spacial score (nSPS) is 24.0. The first kappa shape index (κ1) is 23.0. The van der Waals surface area contributed by atoms with Crippen LogP contribution in [-0.2, 0) is 19.1 Å². The minimum atomic E-state index is -0.681. The molecule has 35 heavy (non-hydrogen) atoms. The molecule has 3 aliphatic rings. The van der Waals surface area contributed by atoms with E-state index in [-0.39, 0.29) is 47.5 Å². The number of hydrogen-bond donors (Lipinski definition) is 3. The first-order valence-electron chi connectivity index (χ1n) is 11.9. The van der Waals surface area contributed by atoms with Gasteiger partial charge in [0.05, 0.1) is 19.4 Å². The summed E-state index contributed by atoms with van der Waals surface area (Å²) in [4.78, 5) is 37.1. The van der Waals surface area contributed by atoms with Gasteiger partial charge >= 0.3 is 5.97 Å². The Hall–Kier alpha value is -3.81. The fraction of sp³-hybridized carbons (Fsp3) is 0.542. The number of esters is 1. The number of hydrogen-bond acceptors (Lipinski definition) is 9. The number of amides is 1. The van der Waals surface area contributed by atoms with E-state index in [0.29, 0.717) is 23.5 Å². The zero-order chi connectivity index (χ0) is 24.5. The molecule has 0 radical (unpaired) electrons. The second-order valence-electron chi connectivity index (χ2n) is 9.30. The number of aromatic nitrogens is 4. The van der Waals surface area contributed by atoms with Crippen LogP contribution in [0.4, 0.5) is 5.82 Å². The number of fused-ring (bicyclic) bond motifs is 1. The van der Waals surface area contributed by atoms with Gasteiger partial charge in [0.25, 0.3) is 5.91 Å². The van der Waals surface area contributed by atoms with Crippen molar-refractivity contribution in [1.29, 1.82) is 0 Å². The summed E-state index contributed by atoms with van der Waals surface area (Å²) in [6, 6.07) is 0.149. The van der Waals surface area contributed by atoms with E-state index in [1.54, 1.807) is 4.57 Å². The minimum Gasteiger partial charge on any atom is -0.508 e. The topological polar surface area (TPSA) is 154 Å². The molecule has 3 heterocycles. The minimum absolute atomic E-state index is 0.0120. The lowest BCUT2D eigenvalue weighted by atomic mass is 9.81. The van der Waals surface area contributed by atoms with E-state index in [1.165, 1.54) is 13.4 Å². The number of nitrogens with zero attached hydrogens (tertiary/aromatic N) is 4. The van der Waals surface area contributed by atoms with Gasteiger partial charge in [-0.3, -0.25) is 14.2 Å². The highest BCUT2D eigenvalue weighted by Gasteiger charge is 2.35. The van der Waals surface area contributed by atoms with E-state index in [4.69, 9.17) is 15.2 Å². The average Bonchev–Trinajstić information content (AvgIpc) is 3.42. The van der Waals surface area contributed by atoms with Crippen LogP contribution in [0.25, 0.3) is 11.2 Å². The largest absolute Gasteiger partial charge is 0.508 e. The van der Waals surface area contributed by atoms with E-state index < -0.39 is 12.1 Å². The summed E-state index contributed by atoms with van der Waals surface area (Å²) in [5, 5.41) is 13.1. The molecule has 0 bridgehead atoms. The number of anilines is 1. The molecular formula is C24H28N6O5. The number of carbonyl (C=O) groups is 2. The van der Waals surface area contributed by atoms with Crippen molar-refractivity contribution >= 4 is 28.9 Å². The molecule has 0 unspecified atom stereocenters. The lowest BCUT2D eigenvalue weighted by Crippen LogP contribution is -2.28. The van der Waals surface area contributed by atoms with Gasteiger partial charge in [0, 0.05) is 12.5 Å². The molecule has 1 amide bonds. The standard InChI is InChI=1S/C24H28N6O5/c1-34-24(33)14-7-5-13(6-8-14)3-2-4-17-28-21(25)19-22(29-17)30(12-26-19)18-11-16(31)20(35-18)23(32)27-15-9-10-15/h12-15,18,31H,3,5-11H2,1H3,(H,27,32)(H2,25,28,29)/t13?,14?,18-/m1/s1. The van der Waals surface area contributed by atoms with Gasteiger partial charge in [0.15, 0.2) is 17.7 Å². The number of ether oxygens (including phenoxy) is 2. The molecule has 2 aromatic rings. The zero-order valence-corrected chi connectivity index (χ0v) is 19.5. The van der Waals surface area contributed by atoms with Crippen molar-refractivity contribution in [3.8, 4) is 11.8 Å². The zero-order valence-electron chi connectivity index (χ0n) is 19.5. The number of rotatable bonds is 5. The smallest absolute Gasteiger partial charge is 0.308 e. The molecule has 1 aliphatic heterocycles. The monoisotopic (exact) mass is 480 g/mol. The fourth-order valence-corrected chi connectivity index (χ4v) is 4.57. The quantitative estimate of drug-likeness (QED) is 0.431. The van der Waals surface area contributed by atoms with Crippen molar-refractivity contribution in [3.63, 3.8) is 0 Å². The number of aliphatic hydroxyl groups excluding tert-OH is 1. The second kappa shape index (κ2) is 9.44. The van der Waals surface area contributed by atoms with E-state index >= 15 is 0 Å². The Kier molecular flexibility index (Phi) is 6.19. The van der Waals surface area contributed by atoms with E-state index in [9.17, 15) is 14.7 Å². The number of nitrogens with two attached hydrogens (primary N) is 1. The van der Waals surface area contributed by atoms with Crippen molar-refractivity contribution < 1.29 is 24.2 Å². The predicted molar refractivity (Wildman–Crippen MR) is 124 cm³/mol. The number of imidazole rings is 1. The molecule has 1 atom stereocenters. The molecule has 0 saturated heterocycles. The molecular weight excluding hydrogens is 452 g/mol. The number of methoxy groups -OCH3 is 1. The molecule has 2 saturated carbocycles. The third-order valence-corrected chi connectivity index (χ3v) is 6.73. The lowest BCUT2D eigenvalue weighted by molar-refractivity contribution is -0.146. The molecule has 11 nitrogen and oxygen atoms in total. The first-order valence-corrected chi connectivity index (χ1v) is 11.9. The van der Waals surface area contributed by atoms with E-state index in [0.717, 1.165) is 38.5 Å². The molecule has 2 fully saturated rings. The maximum Gasteiger partial charge on any atom is 0.308 e. The van der Waals surface area contributed by atoms with Crippen LogP contribution in [0.2, 0.25) is 0 Å². The van der Waals surface area contributed by atoms with Crippen LogP contribution in [0.15, 0.2) is 17.8 Å². The van der Waals surface area contributed by atoms with Crippen LogP contribution < -0.4 is 11.1 Å². The van der Waals surface area contributed by atoms with Gasteiger partial charge in [0.2, 0.25) is 11.6 Å². The summed E-state index contributed by atoms with van der Waals surface area (Å²) in [5.74, 6) is 6.26. The molecule has 5 rings (SSSR count). The highest BCUT2D eigenvalue weighted by atomic mass is 16.5. The Morgan fingerprint density at radius 3 is 2.74 bits per heavy atom. The number of nitrogen functional groups attached to an aromatic ring is 1. The summed E-state index contributed by atoms with van der Waals surface area (Å²) >= 11 is 0. The third-order valence-electron chi connectivity index (χ3n) is 6.73. The first-order chi connectivity index (χ1) is 16.9. The van der Waals surface area contributed by atoms with Crippen LogP contribution in [0.5, 0.6) is 0 Å². The summed E-state index contributed by atoms with van der Waals surface area (Å²) < 4.78 is 12.2. The van der Waals surface area contributed by atoms with Gasteiger partial charge in [-0.1, -0.05) is 5.92 Å². The maximum absolute atomic E-state index is 12.3. The van der Waals surface area contributed by atoms with Crippen LogP contribution >= 0.6 is 0 Å². The maximum atomic E-state index is 12.3. The van der Waals surface area contributed by atoms with E-state index in [1.807, 2.05) is 0 Å². The lowest BCUT2D eigenvalue weighted by Gasteiger charge is -2.25. The van der Waals surface area contributed by atoms with Gasteiger partial charge in [-0.25, -0.2) is 15.0 Å². The molecule has 0 aromatic carbocycles. The molecule has 4 N–H and O–H groups in total. The fourth-order valence-electron chi connectivity index (χ4n) is 4.57. The van der Waals surface area contributed by atoms with Crippen molar-refractivity contribution in [2.45, 2.75) is 63.6 Å². The average molecular weight is 481 g/mol. The third kappa shape index (κ3) is 4.87. The number of carbonyl (C=O) groups excluding carboxylic acids is 2. The van der Waals surface area contributed by atoms with Crippen molar-refractivity contribution in [2.75, 3.05) is 12.8 Å². The highest BCUT2D eigenvalue weighted by Crippen LogP contribution is 2.34. The Morgan fingerprint density at radius 1 is 1.26 bits per heavy atom. The molecule has 2 aromatic heterocycles. The summed E-state index contributed by atoms with van der Waals surface area (Å²) in [6.07, 6.45) is 6.97. The second-order valence-corrected chi connectivity index (χ2v) is 9.30.